The van der Waals surface area contributed by atoms with Crippen molar-refractivity contribution >= 4 is 21.5 Å². The van der Waals surface area contributed by atoms with Crippen molar-refractivity contribution in [3.05, 3.63) is 77.9 Å². The molecule has 2 heterocycles. The molecule has 0 aliphatic carbocycles. The van der Waals surface area contributed by atoms with Crippen LogP contribution >= 0.6 is 0 Å². The van der Waals surface area contributed by atoms with E-state index in [1.165, 1.54) is 11.4 Å². The van der Waals surface area contributed by atoms with Crippen molar-refractivity contribution in [1.82, 2.24) is 19.6 Å². The summed E-state index contributed by atoms with van der Waals surface area (Å²) in [5, 5.41) is 4.48. The molecule has 8 nitrogen and oxygen atoms in total. The van der Waals surface area contributed by atoms with Crippen molar-refractivity contribution in [2.45, 2.75) is 25.3 Å². The SMILES string of the molecule is COc1ccccc1N(Cc1nc2nc(C)cc(C)n2n1)S(=O)(=O)c1ccccc1. The number of aromatic nitrogens is 4. The molecule has 4 aromatic rings. The van der Waals surface area contributed by atoms with E-state index < -0.39 is 10.0 Å². The van der Waals surface area contributed by atoms with Gasteiger partial charge in [0, 0.05) is 11.4 Å². The van der Waals surface area contributed by atoms with Crippen LogP contribution in [0.15, 0.2) is 65.6 Å². The average Bonchev–Trinajstić information content (AvgIpc) is 3.15. The molecule has 4 rings (SSSR count). The fraction of sp³-hybridized carbons (Fsp3) is 0.190. The maximum atomic E-state index is 13.5. The number of methoxy groups -OCH3 is 1. The number of anilines is 1. The van der Waals surface area contributed by atoms with Crippen molar-refractivity contribution < 1.29 is 13.2 Å². The summed E-state index contributed by atoms with van der Waals surface area (Å²) in [6.45, 7) is 3.71. The van der Waals surface area contributed by atoms with E-state index in [1.807, 2.05) is 19.9 Å². The minimum atomic E-state index is -3.90. The van der Waals surface area contributed by atoms with Crippen molar-refractivity contribution in [3.8, 4) is 5.75 Å². The van der Waals surface area contributed by atoms with Crippen molar-refractivity contribution in [2.24, 2.45) is 0 Å². The molecule has 2 aromatic carbocycles. The molecule has 0 saturated heterocycles. The molecule has 154 valence electrons. The third-order valence-electron chi connectivity index (χ3n) is 4.63. The molecule has 0 N–H and O–H groups in total. The van der Waals surface area contributed by atoms with Gasteiger partial charge in [0.2, 0.25) is 0 Å². The van der Waals surface area contributed by atoms with Crippen LogP contribution in [0.25, 0.3) is 5.78 Å². The minimum Gasteiger partial charge on any atom is -0.495 e. The van der Waals surface area contributed by atoms with Crippen LogP contribution in [-0.4, -0.2) is 35.1 Å². The van der Waals surface area contributed by atoms with E-state index >= 15 is 0 Å². The van der Waals surface area contributed by atoms with Crippen molar-refractivity contribution in [3.63, 3.8) is 0 Å². The maximum Gasteiger partial charge on any atom is 0.264 e. The highest BCUT2D eigenvalue weighted by Crippen LogP contribution is 2.33. The highest BCUT2D eigenvalue weighted by atomic mass is 32.2. The number of benzene rings is 2. The largest absolute Gasteiger partial charge is 0.495 e. The van der Waals surface area contributed by atoms with Crippen LogP contribution < -0.4 is 9.04 Å². The first-order valence-corrected chi connectivity index (χ1v) is 10.7. The van der Waals surface area contributed by atoms with Gasteiger partial charge in [0.05, 0.1) is 24.2 Å². The standard InChI is InChI=1S/C21H21N5O3S/c1-15-13-16(2)26-21(22-15)23-20(24-26)14-25(18-11-7-8-12-19(18)29-3)30(27,28)17-9-5-4-6-10-17/h4-13H,14H2,1-3H3. The average molecular weight is 423 g/mol. The zero-order chi connectivity index (χ0) is 21.3. The lowest BCUT2D eigenvalue weighted by atomic mass is 10.3. The Bertz CT molecular complexity index is 1300. The number of para-hydroxylation sites is 2. The number of hydrogen-bond donors (Lipinski definition) is 0. The summed E-state index contributed by atoms with van der Waals surface area (Å²) < 4.78 is 35.4. The zero-order valence-corrected chi connectivity index (χ0v) is 17.7. The highest BCUT2D eigenvalue weighted by molar-refractivity contribution is 7.92. The summed E-state index contributed by atoms with van der Waals surface area (Å²) in [5.41, 5.74) is 2.09. The third-order valence-corrected chi connectivity index (χ3v) is 6.41. The van der Waals surface area contributed by atoms with E-state index in [4.69, 9.17) is 4.74 Å². The number of nitrogens with zero attached hydrogens (tertiary/aromatic N) is 5. The van der Waals surface area contributed by atoms with E-state index in [0.717, 1.165) is 11.4 Å². The summed E-state index contributed by atoms with van der Waals surface area (Å²) in [4.78, 5) is 9.02. The van der Waals surface area contributed by atoms with Gasteiger partial charge in [-0.3, -0.25) is 4.31 Å². The quantitative estimate of drug-likeness (QED) is 0.473. The normalized spacial score (nSPS) is 11.6. The smallest absolute Gasteiger partial charge is 0.264 e. The first-order valence-electron chi connectivity index (χ1n) is 9.31. The predicted molar refractivity (Wildman–Crippen MR) is 113 cm³/mol. The molecular formula is C21H21N5O3S. The summed E-state index contributed by atoms with van der Waals surface area (Å²) in [6.07, 6.45) is 0. The molecule has 0 fully saturated rings. The maximum absolute atomic E-state index is 13.5. The molecule has 9 heteroatoms. The molecule has 0 amide bonds. The Morgan fingerprint density at radius 2 is 1.70 bits per heavy atom. The summed E-state index contributed by atoms with van der Waals surface area (Å²) in [7, 11) is -2.39. The lowest BCUT2D eigenvalue weighted by Crippen LogP contribution is -2.31. The first kappa shape index (κ1) is 19.8. The molecule has 0 aliphatic heterocycles. The topological polar surface area (TPSA) is 89.7 Å². The van der Waals surface area contributed by atoms with Crippen LogP contribution in [0, 0.1) is 13.8 Å². The monoisotopic (exact) mass is 423 g/mol. The Kier molecular flexibility index (Phi) is 5.13. The zero-order valence-electron chi connectivity index (χ0n) is 16.8. The number of sulfonamides is 1. The van der Waals surface area contributed by atoms with E-state index in [0.29, 0.717) is 23.0 Å². The van der Waals surface area contributed by atoms with E-state index in [9.17, 15) is 8.42 Å². The highest BCUT2D eigenvalue weighted by Gasteiger charge is 2.29. The molecule has 0 aliphatic rings. The molecule has 0 radical (unpaired) electrons. The summed E-state index contributed by atoms with van der Waals surface area (Å²) >= 11 is 0. The second-order valence-electron chi connectivity index (χ2n) is 6.78. The van der Waals surface area contributed by atoms with Crippen molar-refractivity contribution in [1.29, 1.82) is 0 Å². The number of hydrogen-bond acceptors (Lipinski definition) is 6. The molecule has 30 heavy (non-hydrogen) atoms. The van der Waals surface area contributed by atoms with Crippen molar-refractivity contribution in [2.75, 3.05) is 11.4 Å². The van der Waals surface area contributed by atoms with Gasteiger partial charge in [0.1, 0.15) is 5.75 Å². The molecule has 0 saturated carbocycles. The van der Waals surface area contributed by atoms with Gasteiger partial charge in [-0.05, 0) is 44.2 Å². The van der Waals surface area contributed by atoms with Crippen LogP contribution in [0.4, 0.5) is 5.69 Å². The molecule has 0 atom stereocenters. The number of aryl methyl sites for hydroxylation is 2. The van der Waals surface area contributed by atoms with Gasteiger partial charge in [-0.1, -0.05) is 30.3 Å². The van der Waals surface area contributed by atoms with Crippen LogP contribution in [0.1, 0.15) is 17.2 Å². The molecule has 2 aromatic heterocycles. The van der Waals surface area contributed by atoms with Gasteiger partial charge in [-0.2, -0.15) is 4.98 Å². The Morgan fingerprint density at radius 3 is 2.43 bits per heavy atom. The minimum absolute atomic E-state index is 0.0700. The van der Waals surface area contributed by atoms with Gasteiger partial charge in [-0.15, -0.1) is 5.10 Å². The van der Waals surface area contributed by atoms with Gasteiger partial charge >= 0.3 is 0 Å². The Morgan fingerprint density at radius 1 is 1.00 bits per heavy atom. The van der Waals surface area contributed by atoms with Gasteiger partial charge in [-0.25, -0.2) is 17.9 Å². The fourth-order valence-corrected chi connectivity index (χ4v) is 4.71. The van der Waals surface area contributed by atoms with Crippen LogP contribution in [-0.2, 0) is 16.6 Å². The first-order chi connectivity index (χ1) is 14.4. The van der Waals surface area contributed by atoms with Gasteiger partial charge < -0.3 is 4.74 Å². The lowest BCUT2D eigenvalue weighted by molar-refractivity contribution is 0.415. The second kappa shape index (κ2) is 7.75. The lowest BCUT2D eigenvalue weighted by Gasteiger charge is -2.25. The third kappa shape index (κ3) is 3.59. The predicted octanol–water partition coefficient (Wildman–Crippen LogP) is 3.15. The van der Waals surface area contributed by atoms with E-state index in [1.54, 1.807) is 59.1 Å². The fourth-order valence-electron chi connectivity index (χ4n) is 3.26. The Balaban J connectivity index is 1.85. The van der Waals surface area contributed by atoms with E-state index in [2.05, 4.69) is 15.1 Å². The molecule has 0 spiro atoms. The number of fused-ring (bicyclic) bond motifs is 1. The Hall–Kier alpha value is -3.46. The molecule has 0 bridgehead atoms. The summed E-state index contributed by atoms with van der Waals surface area (Å²) in [6, 6.07) is 17.1. The molecular weight excluding hydrogens is 402 g/mol. The van der Waals surface area contributed by atoms with Gasteiger partial charge in [0.25, 0.3) is 15.8 Å². The Labute approximate surface area is 174 Å². The van der Waals surface area contributed by atoms with E-state index in [-0.39, 0.29) is 11.4 Å². The molecule has 0 unspecified atom stereocenters. The number of ether oxygens (including phenoxy) is 1. The number of rotatable bonds is 6. The van der Waals surface area contributed by atoms with Crippen LogP contribution in [0.5, 0.6) is 5.75 Å². The van der Waals surface area contributed by atoms with Crippen LogP contribution in [0.2, 0.25) is 0 Å². The van der Waals surface area contributed by atoms with Crippen LogP contribution in [0.3, 0.4) is 0 Å². The summed E-state index contributed by atoms with van der Waals surface area (Å²) in [5.74, 6) is 1.20. The van der Waals surface area contributed by atoms with Gasteiger partial charge in [0.15, 0.2) is 5.82 Å². The second-order valence-corrected chi connectivity index (χ2v) is 8.64.